The van der Waals surface area contributed by atoms with Gasteiger partial charge in [0.05, 0.1) is 21.8 Å². The van der Waals surface area contributed by atoms with E-state index in [-0.39, 0.29) is 33.9 Å². The van der Waals surface area contributed by atoms with Crippen LogP contribution >= 0.6 is 0 Å². The van der Waals surface area contributed by atoms with Crippen LogP contribution in [0.1, 0.15) is 0 Å². The Kier molecular flexibility index (Phi) is 3.82. The Labute approximate surface area is 167 Å². The standard InChI is InChI=1S/C21H13N5O4/c22-10-4-6-14-12(8-10)20(27)29-18(25-14)16-2-1-3-17(24-16)19-26-15-7-5-11(23)9-13(15)21(28)30-19/h1-9H,22-23H2. The van der Waals surface area contributed by atoms with Crippen molar-refractivity contribution in [3.63, 3.8) is 0 Å². The predicted octanol–water partition coefficient (Wildman–Crippen LogP) is 2.58. The highest BCUT2D eigenvalue weighted by Gasteiger charge is 2.14. The van der Waals surface area contributed by atoms with Crippen LogP contribution in [0.5, 0.6) is 0 Å². The Balaban J connectivity index is 1.65. The highest BCUT2D eigenvalue weighted by Crippen LogP contribution is 2.23. The Morgan fingerprint density at radius 3 is 1.57 bits per heavy atom. The molecular weight excluding hydrogens is 386 g/mol. The Morgan fingerprint density at radius 2 is 1.10 bits per heavy atom. The van der Waals surface area contributed by atoms with Crippen molar-refractivity contribution in [2.24, 2.45) is 0 Å². The predicted molar refractivity (Wildman–Crippen MR) is 112 cm³/mol. The monoisotopic (exact) mass is 399 g/mol. The van der Waals surface area contributed by atoms with Gasteiger partial charge in [-0.05, 0) is 48.5 Å². The molecule has 146 valence electrons. The molecule has 0 fully saturated rings. The van der Waals surface area contributed by atoms with Crippen molar-refractivity contribution < 1.29 is 8.83 Å². The van der Waals surface area contributed by atoms with Crippen LogP contribution in [0.2, 0.25) is 0 Å². The second kappa shape index (κ2) is 6.52. The van der Waals surface area contributed by atoms with E-state index in [2.05, 4.69) is 15.0 Å². The highest BCUT2D eigenvalue weighted by atomic mass is 16.4. The molecule has 0 saturated heterocycles. The average Bonchev–Trinajstić information content (AvgIpc) is 2.74. The van der Waals surface area contributed by atoms with Crippen molar-refractivity contribution >= 4 is 33.2 Å². The van der Waals surface area contributed by atoms with E-state index in [1.54, 1.807) is 42.5 Å². The van der Waals surface area contributed by atoms with Gasteiger partial charge < -0.3 is 20.3 Å². The second-order valence-corrected chi connectivity index (χ2v) is 6.57. The highest BCUT2D eigenvalue weighted by molar-refractivity contribution is 5.82. The molecule has 0 bridgehead atoms. The van der Waals surface area contributed by atoms with Gasteiger partial charge in [0.25, 0.3) is 0 Å². The van der Waals surface area contributed by atoms with Crippen molar-refractivity contribution in [2.45, 2.75) is 0 Å². The SMILES string of the molecule is Nc1ccc2nc(-c3cccc(-c4nc5ccc(N)cc5c(=O)o4)n3)oc(=O)c2c1. The van der Waals surface area contributed by atoms with Gasteiger partial charge in [-0.3, -0.25) is 0 Å². The summed E-state index contributed by atoms with van der Waals surface area (Å²) >= 11 is 0. The van der Waals surface area contributed by atoms with Gasteiger partial charge in [-0.1, -0.05) is 6.07 Å². The maximum Gasteiger partial charge on any atom is 0.347 e. The molecule has 5 aromatic rings. The number of pyridine rings is 1. The zero-order chi connectivity index (χ0) is 20.8. The number of hydrogen-bond donors (Lipinski definition) is 2. The van der Waals surface area contributed by atoms with E-state index in [0.717, 1.165) is 0 Å². The molecule has 0 atom stereocenters. The molecule has 0 unspecified atom stereocenters. The molecule has 0 aliphatic heterocycles. The van der Waals surface area contributed by atoms with E-state index in [9.17, 15) is 9.59 Å². The summed E-state index contributed by atoms with van der Waals surface area (Å²) in [5.41, 5.74) is 12.6. The first-order valence-corrected chi connectivity index (χ1v) is 8.86. The summed E-state index contributed by atoms with van der Waals surface area (Å²) in [4.78, 5) is 37.8. The van der Waals surface area contributed by atoms with Gasteiger partial charge in [0.2, 0.25) is 11.8 Å². The number of anilines is 2. The van der Waals surface area contributed by atoms with Gasteiger partial charge in [0.1, 0.15) is 11.4 Å². The van der Waals surface area contributed by atoms with Gasteiger partial charge in [-0.2, -0.15) is 0 Å². The number of fused-ring (bicyclic) bond motifs is 2. The molecule has 0 saturated carbocycles. The molecule has 5 rings (SSSR count). The third kappa shape index (κ3) is 2.94. The summed E-state index contributed by atoms with van der Waals surface area (Å²) in [7, 11) is 0. The van der Waals surface area contributed by atoms with Crippen molar-refractivity contribution in [3.8, 4) is 23.2 Å². The number of benzene rings is 2. The number of nitrogens with zero attached hydrogens (tertiary/aromatic N) is 3. The molecule has 0 aliphatic carbocycles. The maximum atomic E-state index is 12.3. The first-order valence-electron chi connectivity index (χ1n) is 8.86. The Hall–Kier alpha value is -4.53. The quantitative estimate of drug-likeness (QED) is 0.427. The number of aromatic nitrogens is 3. The lowest BCUT2D eigenvalue weighted by Crippen LogP contribution is -2.06. The summed E-state index contributed by atoms with van der Waals surface area (Å²) in [5, 5.41) is 0.549. The molecule has 3 heterocycles. The first-order chi connectivity index (χ1) is 14.5. The summed E-state index contributed by atoms with van der Waals surface area (Å²) in [5.74, 6) is 0.0464. The number of nitrogen functional groups attached to an aromatic ring is 2. The van der Waals surface area contributed by atoms with Crippen molar-refractivity contribution in [1.82, 2.24) is 15.0 Å². The van der Waals surface area contributed by atoms with Gasteiger partial charge in [-0.15, -0.1) is 0 Å². The van der Waals surface area contributed by atoms with Crippen LogP contribution in [0.15, 0.2) is 73.0 Å². The molecular formula is C21H13N5O4. The van der Waals surface area contributed by atoms with E-state index in [1.165, 1.54) is 12.1 Å². The lowest BCUT2D eigenvalue weighted by molar-refractivity contribution is 0.512. The largest absolute Gasteiger partial charge is 0.401 e. The number of hydrogen-bond acceptors (Lipinski definition) is 9. The van der Waals surface area contributed by atoms with E-state index in [4.69, 9.17) is 20.3 Å². The fourth-order valence-corrected chi connectivity index (χ4v) is 3.07. The minimum Gasteiger partial charge on any atom is -0.401 e. The lowest BCUT2D eigenvalue weighted by Gasteiger charge is -2.05. The van der Waals surface area contributed by atoms with Crippen LogP contribution < -0.4 is 22.7 Å². The second-order valence-electron chi connectivity index (χ2n) is 6.57. The number of nitrogens with two attached hydrogens (primary N) is 2. The molecule has 2 aromatic carbocycles. The van der Waals surface area contributed by atoms with E-state index < -0.39 is 11.3 Å². The maximum absolute atomic E-state index is 12.3. The van der Waals surface area contributed by atoms with E-state index in [0.29, 0.717) is 22.4 Å². The van der Waals surface area contributed by atoms with Gasteiger partial charge in [-0.25, -0.2) is 24.5 Å². The fraction of sp³-hybridized carbons (Fsp3) is 0. The minimum absolute atomic E-state index is 0.0232. The van der Waals surface area contributed by atoms with Gasteiger partial charge in [0.15, 0.2) is 0 Å². The third-order valence-electron chi connectivity index (χ3n) is 4.49. The molecule has 3 aromatic heterocycles. The van der Waals surface area contributed by atoms with Gasteiger partial charge >= 0.3 is 11.3 Å². The Bertz CT molecular complexity index is 1460. The molecule has 0 amide bonds. The topological polar surface area (TPSA) is 151 Å². The molecule has 9 nitrogen and oxygen atoms in total. The molecule has 4 N–H and O–H groups in total. The molecule has 9 heteroatoms. The van der Waals surface area contributed by atoms with Crippen molar-refractivity contribution in [3.05, 3.63) is 75.4 Å². The van der Waals surface area contributed by atoms with Crippen molar-refractivity contribution in [2.75, 3.05) is 11.5 Å². The van der Waals surface area contributed by atoms with E-state index >= 15 is 0 Å². The van der Waals surface area contributed by atoms with Crippen LogP contribution in [0.3, 0.4) is 0 Å². The normalized spacial score (nSPS) is 11.2. The third-order valence-corrected chi connectivity index (χ3v) is 4.49. The fourth-order valence-electron chi connectivity index (χ4n) is 3.07. The summed E-state index contributed by atoms with van der Waals surface area (Å²) in [6.45, 7) is 0. The minimum atomic E-state index is -0.581. The molecule has 0 aliphatic rings. The van der Waals surface area contributed by atoms with Gasteiger partial charge in [0, 0.05) is 11.4 Å². The van der Waals surface area contributed by atoms with E-state index in [1.807, 2.05) is 0 Å². The first kappa shape index (κ1) is 17.6. The smallest absolute Gasteiger partial charge is 0.347 e. The van der Waals surface area contributed by atoms with Crippen LogP contribution in [0, 0.1) is 0 Å². The van der Waals surface area contributed by atoms with Crippen LogP contribution in [0.25, 0.3) is 45.0 Å². The van der Waals surface area contributed by atoms with Crippen LogP contribution in [-0.4, -0.2) is 15.0 Å². The van der Waals surface area contributed by atoms with Crippen LogP contribution in [-0.2, 0) is 0 Å². The van der Waals surface area contributed by atoms with Crippen LogP contribution in [0.4, 0.5) is 11.4 Å². The number of rotatable bonds is 2. The zero-order valence-electron chi connectivity index (χ0n) is 15.3. The summed E-state index contributed by atoms with van der Waals surface area (Å²) in [6.07, 6.45) is 0. The Morgan fingerprint density at radius 1 is 0.633 bits per heavy atom. The average molecular weight is 399 g/mol. The molecule has 0 spiro atoms. The molecule has 0 radical (unpaired) electrons. The lowest BCUT2D eigenvalue weighted by atomic mass is 10.2. The molecule has 30 heavy (non-hydrogen) atoms. The zero-order valence-corrected chi connectivity index (χ0v) is 15.3. The summed E-state index contributed by atoms with van der Waals surface area (Å²) < 4.78 is 10.6. The van der Waals surface area contributed by atoms with Crippen molar-refractivity contribution in [1.29, 1.82) is 0 Å². The summed E-state index contributed by atoms with van der Waals surface area (Å²) in [6, 6.07) is 14.5.